The first-order chi connectivity index (χ1) is 14.9. The molecule has 0 aliphatic carbocycles. The third kappa shape index (κ3) is 5.81. The summed E-state index contributed by atoms with van der Waals surface area (Å²) < 4.78 is 97.3. The molecule has 1 aromatic heterocycles. The van der Waals surface area contributed by atoms with E-state index in [0.717, 1.165) is 5.39 Å². The summed E-state index contributed by atoms with van der Waals surface area (Å²) in [5.41, 5.74) is -2.18. The molecule has 3 rings (SSSR count). The molecule has 1 atom stereocenters. The monoisotopic (exact) mass is 476 g/mol. The van der Waals surface area contributed by atoms with Crippen LogP contribution in [-0.2, 0) is 27.9 Å². The second-order valence-electron chi connectivity index (χ2n) is 6.97. The van der Waals surface area contributed by atoms with Gasteiger partial charge in [-0.25, -0.2) is 0 Å². The molecule has 1 N–H and O–H groups in total. The van der Waals surface area contributed by atoms with E-state index in [4.69, 9.17) is 4.52 Å². The van der Waals surface area contributed by atoms with Gasteiger partial charge in [0.1, 0.15) is 0 Å². The number of aryl methyl sites for hydroxylation is 1. The van der Waals surface area contributed by atoms with Crippen LogP contribution in [0.3, 0.4) is 0 Å². The molecule has 0 radical (unpaired) electrons. The molecule has 0 spiro atoms. The van der Waals surface area contributed by atoms with E-state index in [9.17, 15) is 30.9 Å². The summed E-state index contributed by atoms with van der Waals surface area (Å²) in [4.78, 5) is 4.23. The number of alkyl halides is 6. The lowest BCUT2D eigenvalue weighted by atomic mass is 10.0. The highest BCUT2D eigenvalue weighted by molar-refractivity contribution is 7.60. The van der Waals surface area contributed by atoms with Crippen LogP contribution in [0.1, 0.15) is 23.6 Å². The van der Waals surface area contributed by atoms with Crippen LogP contribution in [0.25, 0.3) is 10.9 Å². The Kier molecular flexibility index (Phi) is 6.86. The average molecular weight is 476 g/mol. The number of fused-ring (bicyclic) bond motifs is 1. The zero-order chi connectivity index (χ0) is 23.6. The van der Waals surface area contributed by atoms with E-state index in [-0.39, 0.29) is 30.8 Å². The van der Waals surface area contributed by atoms with Crippen LogP contribution in [0, 0.1) is 0 Å². The van der Waals surface area contributed by atoms with E-state index >= 15 is 0 Å². The Hall–Kier alpha value is -2.58. The zero-order valence-electron chi connectivity index (χ0n) is 16.8. The number of pyridine rings is 1. The summed E-state index contributed by atoms with van der Waals surface area (Å²) in [6, 6.07) is 9.95. The standard InChI is InChI=1S/C21H19F6N2O2P/c1-2-31-32(30,29-18-7-3-5-15-6-4-9-28-19(15)18)10-8-14-11-16(20(22,23)24)13-17(12-14)21(25,26)27/h3-7,9,11-13H,2,8,10H2,1H3,(H,29,30). The average Bonchev–Trinajstić information content (AvgIpc) is 2.71. The normalized spacial score (nSPS) is 14.3. The minimum Gasteiger partial charge on any atom is -0.314 e. The molecule has 32 heavy (non-hydrogen) atoms. The number of anilines is 1. The molecule has 3 aromatic rings. The number of rotatable bonds is 7. The van der Waals surface area contributed by atoms with Crippen molar-refractivity contribution in [3.63, 3.8) is 0 Å². The number of benzene rings is 2. The van der Waals surface area contributed by atoms with Gasteiger partial charge >= 0.3 is 12.4 Å². The molecule has 1 unspecified atom stereocenters. The molecule has 2 aromatic carbocycles. The lowest BCUT2D eigenvalue weighted by Crippen LogP contribution is -2.13. The van der Waals surface area contributed by atoms with Gasteiger partial charge in [-0.2, -0.15) is 26.3 Å². The quantitative estimate of drug-likeness (QED) is 0.291. The topological polar surface area (TPSA) is 51.2 Å². The number of hydrogen-bond donors (Lipinski definition) is 1. The summed E-state index contributed by atoms with van der Waals surface area (Å²) in [6.45, 7) is 1.61. The maximum Gasteiger partial charge on any atom is 0.416 e. The Labute approximate surface area is 180 Å². The largest absolute Gasteiger partial charge is 0.416 e. The van der Waals surface area contributed by atoms with E-state index in [0.29, 0.717) is 23.3 Å². The Bertz CT molecular complexity index is 1110. The fourth-order valence-electron chi connectivity index (χ4n) is 3.18. The smallest absolute Gasteiger partial charge is 0.314 e. The predicted molar refractivity (Wildman–Crippen MR) is 110 cm³/mol. The lowest BCUT2D eigenvalue weighted by Gasteiger charge is -2.21. The van der Waals surface area contributed by atoms with Crippen molar-refractivity contribution in [3.05, 3.63) is 71.4 Å². The van der Waals surface area contributed by atoms with Gasteiger partial charge < -0.3 is 9.61 Å². The first-order valence-electron chi connectivity index (χ1n) is 9.55. The van der Waals surface area contributed by atoms with Crippen molar-refractivity contribution in [2.24, 2.45) is 0 Å². The molecule has 1 heterocycles. The molecule has 4 nitrogen and oxygen atoms in total. The van der Waals surface area contributed by atoms with E-state index in [2.05, 4.69) is 10.1 Å². The number of nitrogens with one attached hydrogen (secondary N) is 1. The first kappa shape index (κ1) is 24.1. The minimum absolute atomic E-state index is 0.0267. The molecular weight excluding hydrogens is 457 g/mol. The fraction of sp³-hybridized carbons (Fsp3) is 0.286. The van der Waals surface area contributed by atoms with E-state index < -0.39 is 31.0 Å². The summed E-state index contributed by atoms with van der Waals surface area (Å²) in [6.07, 6.45) is -9.00. The van der Waals surface area contributed by atoms with E-state index in [1.165, 1.54) is 0 Å². The van der Waals surface area contributed by atoms with Crippen molar-refractivity contribution in [3.8, 4) is 0 Å². The number of aromatic nitrogens is 1. The molecule has 0 fully saturated rings. The second-order valence-corrected chi connectivity index (χ2v) is 9.25. The minimum atomic E-state index is -4.95. The molecule has 0 saturated heterocycles. The molecule has 0 amide bonds. The summed E-state index contributed by atoms with van der Waals surface area (Å²) in [5, 5.41) is 3.54. The lowest BCUT2D eigenvalue weighted by molar-refractivity contribution is -0.143. The highest BCUT2D eigenvalue weighted by Gasteiger charge is 2.37. The Morgan fingerprint density at radius 3 is 2.19 bits per heavy atom. The van der Waals surface area contributed by atoms with Gasteiger partial charge in [0.05, 0.1) is 28.9 Å². The van der Waals surface area contributed by atoms with Crippen molar-refractivity contribution in [1.82, 2.24) is 4.98 Å². The number of halogens is 6. The van der Waals surface area contributed by atoms with E-state index in [1.54, 1.807) is 43.5 Å². The van der Waals surface area contributed by atoms with Crippen LogP contribution in [0.4, 0.5) is 32.0 Å². The zero-order valence-corrected chi connectivity index (χ0v) is 17.7. The first-order valence-corrected chi connectivity index (χ1v) is 11.4. The number of hydrogen-bond acceptors (Lipinski definition) is 3. The van der Waals surface area contributed by atoms with Gasteiger partial charge in [0, 0.05) is 17.7 Å². The van der Waals surface area contributed by atoms with Crippen molar-refractivity contribution < 1.29 is 35.4 Å². The number of nitrogens with zero attached hydrogens (tertiary/aromatic N) is 1. The summed E-state index contributed by atoms with van der Waals surface area (Å²) >= 11 is 0. The van der Waals surface area contributed by atoms with Crippen molar-refractivity contribution >= 4 is 24.1 Å². The van der Waals surface area contributed by atoms with Gasteiger partial charge in [-0.1, -0.05) is 18.2 Å². The summed E-state index contributed by atoms with van der Waals surface area (Å²) in [5.74, 6) is 0. The van der Waals surface area contributed by atoms with Crippen molar-refractivity contribution in [2.75, 3.05) is 17.9 Å². The van der Waals surface area contributed by atoms with E-state index in [1.807, 2.05) is 0 Å². The SMILES string of the molecule is CCOP(=O)(CCc1cc(C(F)(F)F)cc(C(F)(F)F)c1)Nc1cccc2cccnc12. The van der Waals surface area contributed by atoms with Crippen LogP contribution < -0.4 is 5.09 Å². The van der Waals surface area contributed by atoms with Crippen LogP contribution in [-0.4, -0.2) is 17.8 Å². The van der Waals surface area contributed by atoms with Gasteiger partial charge in [-0.15, -0.1) is 0 Å². The third-order valence-corrected chi connectivity index (χ3v) is 6.67. The molecule has 0 bridgehead atoms. The predicted octanol–water partition coefficient (Wildman–Crippen LogP) is 7.16. The van der Waals surface area contributed by atoms with Gasteiger partial charge in [0.25, 0.3) is 7.52 Å². The molecular formula is C21H19F6N2O2P. The third-order valence-electron chi connectivity index (χ3n) is 4.60. The van der Waals surface area contributed by atoms with Crippen molar-refractivity contribution in [2.45, 2.75) is 25.7 Å². The van der Waals surface area contributed by atoms with Crippen LogP contribution in [0.5, 0.6) is 0 Å². The summed E-state index contributed by atoms with van der Waals surface area (Å²) in [7, 11) is -3.68. The fourth-order valence-corrected chi connectivity index (χ4v) is 5.00. The Morgan fingerprint density at radius 2 is 1.59 bits per heavy atom. The van der Waals surface area contributed by atoms with Gasteiger partial charge in [-0.05, 0) is 49.2 Å². The van der Waals surface area contributed by atoms with Crippen LogP contribution >= 0.6 is 7.52 Å². The molecule has 11 heteroatoms. The van der Waals surface area contributed by atoms with Gasteiger partial charge in [0.2, 0.25) is 0 Å². The maximum atomic E-state index is 13.4. The Morgan fingerprint density at radius 1 is 0.969 bits per heavy atom. The Balaban J connectivity index is 1.90. The molecule has 0 aliphatic heterocycles. The molecule has 0 aliphatic rings. The van der Waals surface area contributed by atoms with Crippen LogP contribution in [0.15, 0.2) is 54.7 Å². The van der Waals surface area contributed by atoms with Crippen LogP contribution in [0.2, 0.25) is 0 Å². The maximum absolute atomic E-state index is 13.4. The second kappa shape index (κ2) is 9.11. The highest BCUT2D eigenvalue weighted by Crippen LogP contribution is 2.48. The highest BCUT2D eigenvalue weighted by atomic mass is 31.2. The number of para-hydroxylation sites is 1. The van der Waals surface area contributed by atoms with Gasteiger partial charge in [0.15, 0.2) is 0 Å². The molecule has 0 saturated carbocycles. The molecule has 172 valence electrons. The van der Waals surface area contributed by atoms with Crippen molar-refractivity contribution in [1.29, 1.82) is 0 Å². The van der Waals surface area contributed by atoms with Gasteiger partial charge in [-0.3, -0.25) is 9.55 Å².